The smallest absolute Gasteiger partial charge is 0.266 e. The molecule has 2 heterocycles. The highest BCUT2D eigenvalue weighted by Gasteiger charge is 2.46. The van der Waals surface area contributed by atoms with E-state index in [1.54, 1.807) is 24.3 Å². The molecule has 0 aliphatic carbocycles. The van der Waals surface area contributed by atoms with E-state index in [1.165, 1.54) is 24.1 Å². The summed E-state index contributed by atoms with van der Waals surface area (Å²) in [6, 6.07) is 6.73. The number of aliphatic hydroxyl groups excluding tert-OH is 1. The van der Waals surface area contributed by atoms with E-state index in [4.69, 9.17) is 23.2 Å². The van der Waals surface area contributed by atoms with Gasteiger partial charge in [0.2, 0.25) is 0 Å². The Bertz CT molecular complexity index is 959. The van der Waals surface area contributed by atoms with Crippen LogP contribution in [-0.2, 0) is 9.59 Å². The Morgan fingerprint density at radius 1 is 1.16 bits per heavy atom. The number of nitrogens with zero attached hydrogens (tertiary/aromatic N) is 1. The number of carbonyl (C=O) groups is 2. The molecule has 25 heavy (non-hydrogen) atoms. The lowest BCUT2D eigenvalue weighted by molar-refractivity contribution is -0.117. The molecule has 1 aliphatic rings. The maximum absolute atomic E-state index is 12.8. The third-order valence-corrected chi connectivity index (χ3v) is 4.39. The van der Waals surface area contributed by atoms with E-state index >= 15 is 0 Å². The Kier molecular flexibility index (Phi) is 4.41. The zero-order valence-corrected chi connectivity index (χ0v) is 14.4. The van der Waals surface area contributed by atoms with Crippen LogP contribution in [0.2, 0.25) is 10.0 Å². The summed E-state index contributed by atoms with van der Waals surface area (Å²) in [7, 11) is 0. The first-order valence-corrected chi connectivity index (χ1v) is 7.98. The molecule has 1 atom stereocenters. The number of allylic oxidation sites excluding steroid dienone is 1. The van der Waals surface area contributed by atoms with Crippen LogP contribution in [0.3, 0.4) is 0 Å². The molecule has 6 nitrogen and oxygen atoms in total. The molecule has 0 saturated carbocycles. The van der Waals surface area contributed by atoms with Gasteiger partial charge in [0.15, 0.2) is 5.78 Å². The molecule has 1 aromatic heterocycles. The number of nitrogens with one attached hydrogen (secondary N) is 1. The summed E-state index contributed by atoms with van der Waals surface area (Å²) < 4.78 is 0. The molecule has 0 spiro atoms. The number of carbonyl (C=O) groups excluding carboxylic acids is 2. The van der Waals surface area contributed by atoms with E-state index in [9.17, 15) is 19.5 Å². The van der Waals surface area contributed by atoms with Crippen molar-refractivity contribution in [3.63, 3.8) is 0 Å². The number of anilines is 1. The van der Waals surface area contributed by atoms with Crippen molar-refractivity contribution in [3.8, 4) is 0 Å². The molecular formula is C17H12Cl2N2O4. The topological polar surface area (TPSA) is 90.5 Å². The lowest BCUT2D eigenvalue weighted by atomic mass is 10.0. The second-order valence-corrected chi connectivity index (χ2v) is 6.33. The molecule has 2 aromatic rings. The number of benzene rings is 1. The van der Waals surface area contributed by atoms with Crippen LogP contribution < -0.4 is 10.5 Å². The fourth-order valence-corrected chi connectivity index (χ4v) is 3.02. The van der Waals surface area contributed by atoms with Crippen molar-refractivity contribution in [1.29, 1.82) is 0 Å². The van der Waals surface area contributed by atoms with E-state index < -0.39 is 23.3 Å². The third kappa shape index (κ3) is 2.94. The summed E-state index contributed by atoms with van der Waals surface area (Å²) in [6.45, 7) is 1.27. The molecule has 1 aliphatic heterocycles. The molecule has 0 bridgehead atoms. The first-order valence-electron chi connectivity index (χ1n) is 7.22. The third-order valence-electron chi connectivity index (χ3n) is 3.85. The van der Waals surface area contributed by atoms with Crippen molar-refractivity contribution in [2.24, 2.45) is 0 Å². The van der Waals surface area contributed by atoms with Crippen molar-refractivity contribution in [1.82, 2.24) is 4.98 Å². The summed E-state index contributed by atoms with van der Waals surface area (Å²) >= 11 is 11.7. The zero-order valence-electron chi connectivity index (χ0n) is 12.9. The van der Waals surface area contributed by atoms with Crippen LogP contribution in [0, 0.1) is 0 Å². The summed E-state index contributed by atoms with van der Waals surface area (Å²) in [5, 5.41) is 10.1. The van der Waals surface area contributed by atoms with Gasteiger partial charge in [-0.15, -0.1) is 0 Å². The monoisotopic (exact) mass is 378 g/mol. The van der Waals surface area contributed by atoms with Crippen LogP contribution >= 0.6 is 23.2 Å². The number of aromatic nitrogens is 1. The van der Waals surface area contributed by atoms with E-state index in [2.05, 4.69) is 4.98 Å². The van der Waals surface area contributed by atoms with Gasteiger partial charge in [-0.3, -0.25) is 19.3 Å². The van der Waals surface area contributed by atoms with Gasteiger partial charge in [-0.1, -0.05) is 35.3 Å². The average Bonchev–Trinajstić information content (AvgIpc) is 2.82. The lowest BCUT2D eigenvalue weighted by Crippen LogP contribution is -2.29. The molecule has 8 heteroatoms. The Labute approximate surface area is 152 Å². The van der Waals surface area contributed by atoms with Gasteiger partial charge in [-0.25, -0.2) is 0 Å². The zero-order chi connectivity index (χ0) is 18.3. The first-order chi connectivity index (χ1) is 11.8. The highest BCUT2D eigenvalue weighted by Crippen LogP contribution is 2.38. The highest BCUT2D eigenvalue weighted by atomic mass is 35.5. The van der Waals surface area contributed by atoms with Gasteiger partial charge < -0.3 is 10.1 Å². The molecular weight excluding hydrogens is 367 g/mol. The summed E-state index contributed by atoms with van der Waals surface area (Å²) in [4.78, 5) is 40.6. The quantitative estimate of drug-likeness (QED) is 0.477. The fourth-order valence-electron chi connectivity index (χ4n) is 2.73. The lowest BCUT2D eigenvalue weighted by Gasteiger charge is -2.23. The summed E-state index contributed by atoms with van der Waals surface area (Å²) in [5.41, 5.74) is -0.0664. The average molecular weight is 379 g/mol. The molecule has 1 unspecified atom stereocenters. The Hall–Kier alpha value is -2.57. The Balaban J connectivity index is 2.20. The second-order valence-electron chi connectivity index (χ2n) is 5.49. The molecule has 1 saturated heterocycles. The van der Waals surface area contributed by atoms with Crippen LogP contribution in [-0.4, -0.2) is 21.8 Å². The highest BCUT2D eigenvalue weighted by molar-refractivity contribution is 6.34. The van der Waals surface area contributed by atoms with Gasteiger partial charge in [0.25, 0.3) is 11.5 Å². The minimum absolute atomic E-state index is 0.120. The minimum Gasteiger partial charge on any atom is -0.512 e. The van der Waals surface area contributed by atoms with Crippen LogP contribution in [0.15, 0.2) is 52.7 Å². The summed E-state index contributed by atoms with van der Waals surface area (Å²) in [5.74, 6) is -1.59. The van der Waals surface area contributed by atoms with Gasteiger partial charge in [-0.2, -0.15) is 0 Å². The fraction of sp³-hybridized carbons (Fsp3) is 0.118. The number of hydrogen-bond donors (Lipinski definition) is 2. The molecule has 2 N–H and O–H groups in total. The number of ketones is 1. The SMILES string of the molecule is C/C(O)=C1/C(=O)C(c2ccc(Cl)cc2)N(c2c[nH]c(=O)c(Cl)c2)C1=O. The second kappa shape index (κ2) is 6.38. The van der Waals surface area contributed by atoms with Crippen molar-refractivity contribution in [2.45, 2.75) is 13.0 Å². The predicted octanol–water partition coefficient (Wildman–Crippen LogP) is 3.17. The van der Waals surface area contributed by atoms with Gasteiger partial charge >= 0.3 is 0 Å². The number of Topliss-reactive ketones (excluding diaryl/α,β-unsaturated/α-hetero) is 1. The molecule has 3 rings (SSSR count). The molecule has 128 valence electrons. The molecule has 1 fully saturated rings. The van der Waals surface area contributed by atoms with Crippen LogP contribution in [0.25, 0.3) is 0 Å². The number of aromatic amines is 1. The molecule has 0 radical (unpaired) electrons. The van der Waals surface area contributed by atoms with Crippen molar-refractivity contribution >= 4 is 40.6 Å². The maximum Gasteiger partial charge on any atom is 0.266 e. The number of H-pyrrole nitrogens is 1. The van der Waals surface area contributed by atoms with E-state index in [0.717, 1.165) is 0 Å². The van der Waals surface area contributed by atoms with Gasteiger partial charge in [0.05, 0.1) is 5.69 Å². The number of aliphatic hydroxyl groups is 1. The van der Waals surface area contributed by atoms with Crippen molar-refractivity contribution < 1.29 is 14.7 Å². The molecule has 1 aromatic carbocycles. The molecule has 1 amide bonds. The summed E-state index contributed by atoms with van der Waals surface area (Å²) in [6.07, 6.45) is 1.29. The Morgan fingerprint density at radius 3 is 2.36 bits per heavy atom. The number of hydrogen-bond acceptors (Lipinski definition) is 4. The standard InChI is InChI=1S/C17H12Cl2N2O4/c1-8(22)13-15(23)14(9-2-4-10(18)5-3-9)21(17(13)25)11-6-12(19)16(24)20-7-11/h2-7,14,22H,1H3,(H,20,24)/b13-8+. The van der Waals surface area contributed by atoms with Gasteiger partial charge in [0.1, 0.15) is 22.4 Å². The van der Waals surface area contributed by atoms with Crippen LogP contribution in [0.5, 0.6) is 0 Å². The van der Waals surface area contributed by atoms with Crippen LogP contribution in [0.4, 0.5) is 5.69 Å². The van der Waals surface area contributed by atoms with E-state index in [-0.39, 0.29) is 22.0 Å². The van der Waals surface area contributed by atoms with Crippen LogP contribution in [0.1, 0.15) is 18.5 Å². The number of halogens is 2. The number of amides is 1. The van der Waals surface area contributed by atoms with Crippen molar-refractivity contribution in [3.05, 3.63) is 73.8 Å². The number of pyridine rings is 1. The van der Waals surface area contributed by atoms with E-state index in [0.29, 0.717) is 10.6 Å². The first kappa shape index (κ1) is 17.3. The van der Waals surface area contributed by atoms with Crippen molar-refractivity contribution in [2.75, 3.05) is 4.90 Å². The Morgan fingerprint density at radius 2 is 1.80 bits per heavy atom. The van der Waals surface area contributed by atoms with Gasteiger partial charge in [-0.05, 0) is 30.7 Å². The predicted molar refractivity (Wildman–Crippen MR) is 94.1 cm³/mol. The van der Waals surface area contributed by atoms with E-state index in [1.807, 2.05) is 0 Å². The number of rotatable bonds is 2. The van der Waals surface area contributed by atoms with Gasteiger partial charge in [0, 0.05) is 11.2 Å². The largest absolute Gasteiger partial charge is 0.512 e. The normalized spacial score (nSPS) is 19.5. The maximum atomic E-state index is 12.8. The minimum atomic E-state index is -0.996.